The number of ether oxygens (including phenoxy) is 3. The largest absolute Gasteiger partial charge is 0.497 e. The molecule has 0 bridgehead atoms. The first-order valence-electron chi connectivity index (χ1n) is 9.77. The zero-order chi connectivity index (χ0) is 21.9. The van der Waals surface area contributed by atoms with E-state index in [1.807, 2.05) is 67.5 Å². The van der Waals surface area contributed by atoms with Crippen LogP contribution < -0.4 is 9.47 Å². The SMILES string of the molecule is COc1ccc(CCc2ccccc2OCC(CN(C)C)OC(=O)CC(=O)O)cc1. The number of methoxy groups -OCH3 is 1. The normalized spacial score (nSPS) is 11.7. The summed E-state index contributed by atoms with van der Waals surface area (Å²) in [6, 6.07) is 15.7. The number of para-hydroxylation sites is 1. The number of hydrogen-bond donors (Lipinski definition) is 1. The number of likely N-dealkylation sites (N-methyl/N-ethyl adjacent to an activating group) is 1. The highest BCUT2D eigenvalue weighted by molar-refractivity contribution is 5.90. The lowest BCUT2D eigenvalue weighted by atomic mass is 10.0. The summed E-state index contributed by atoms with van der Waals surface area (Å²) in [6.07, 6.45) is 0.405. The van der Waals surface area contributed by atoms with Crippen molar-refractivity contribution in [2.75, 3.05) is 34.4 Å². The van der Waals surface area contributed by atoms with E-state index >= 15 is 0 Å². The Morgan fingerprint density at radius 2 is 1.73 bits per heavy atom. The molecule has 0 aliphatic rings. The third-order valence-corrected chi connectivity index (χ3v) is 4.40. The summed E-state index contributed by atoms with van der Waals surface area (Å²) in [7, 11) is 5.34. The Morgan fingerprint density at radius 1 is 1.03 bits per heavy atom. The summed E-state index contributed by atoms with van der Waals surface area (Å²) in [5.74, 6) is -0.435. The zero-order valence-corrected chi connectivity index (χ0v) is 17.7. The van der Waals surface area contributed by atoms with E-state index in [1.54, 1.807) is 7.11 Å². The molecule has 2 aromatic carbocycles. The first kappa shape index (κ1) is 23.2. The highest BCUT2D eigenvalue weighted by atomic mass is 16.6. The predicted octanol–water partition coefficient (Wildman–Crippen LogP) is 2.81. The van der Waals surface area contributed by atoms with E-state index in [2.05, 4.69) is 0 Å². The Bertz CT molecular complexity index is 819. The van der Waals surface area contributed by atoms with E-state index in [4.69, 9.17) is 19.3 Å². The number of carbonyl (C=O) groups is 2. The molecule has 0 saturated carbocycles. The number of rotatable bonds is 12. The second-order valence-corrected chi connectivity index (χ2v) is 7.21. The third kappa shape index (κ3) is 8.13. The first-order valence-corrected chi connectivity index (χ1v) is 9.77. The fourth-order valence-corrected chi connectivity index (χ4v) is 2.99. The number of carboxylic acids is 1. The molecule has 7 nitrogen and oxygen atoms in total. The molecule has 0 spiro atoms. The third-order valence-electron chi connectivity index (χ3n) is 4.40. The van der Waals surface area contributed by atoms with Crippen LogP contribution in [0.15, 0.2) is 48.5 Å². The van der Waals surface area contributed by atoms with Gasteiger partial charge < -0.3 is 24.2 Å². The lowest BCUT2D eigenvalue weighted by Gasteiger charge is -2.22. The van der Waals surface area contributed by atoms with E-state index in [0.29, 0.717) is 6.54 Å². The van der Waals surface area contributed by atoms with Gasteiger partial charge in [0.15, 0.2) is 0 Å². The van der Waals surface area contributed by atoms with Gasteiger partial charge in [0.1, 0.15) is 30.6 Å². The molecule has 30 heavy (non-hydrogen) atoms. The molecule has 0 saturated heterocycles. The molecule has 0 radical (unpaired) electrons. The maximum atomic E-state index is 11.7. The number of carbonyl (C=O) groups excluding carboxylic acids is 1. The lowest BCUT2D eigenvalue weighted by molar-refractivity contribution is -0.156. The van der Waals surface area contributed by atoms with Gasteiger partial charge in [-0.05, 0) is 56.3 Å². The summed E-state index contributed by atoms with van der Waals surface area (Å²) in [6.45, 7) is 0.572. The Balaban J connectivity index is 1.98. The second-order valence-electron chi connectivity index (χ2n) is 7.21. The number of nitrogens with zero attached hydrogens (tertiary/aromatic N) is 1. The van der Waals surface area contributed by atoms with E-state index in [1.165, 1.54) is 5.56 Å². The molecule has 0 amide bonds. The van der Waals surface area contributed by atoms with Gasteiger partial charge in [-0.1, -0.05) is 30.3 Å². The smallest absolute Gasteiger partial charge is 0.317 e. The molecule has 2 aromatic rings. The van der Waals surface area contributed by atoms with Crippen LogP contribution in [-0.4, -0.2) is 62.4 Å². The van der Waals surface area contributed by atoms with Gasteiger partial charge in [-0.2, -0.15) is 0 Å². The Morgan fingerprint density at radius 3 is 2.37 bits per heavy atom. The van der Waals surface area contributed by atoms with Gasteiger partial charge >= 0.3 is 11.9 Å². The van der Waals surface area contributed by atoms with E-state index in [-0.39, 0.29) is 6.61 Å². The number of esters is 1. The number of carboxylic acid groups (broad SMARTS) is 1. The molecule has 1 unspecified atom stereocenters. The van der Waals surface area contributed by atoms with Crippen LogP contribution in [-0.2, 0) is 27.2 Å². The van der Waals surface area contributed by atoms with Crippen molar-refractivity contribution < 1.29 is 28.9 Å². The van der Waals surface area contributed by atoms with Gasteiger partial charge in [-0.25, -0.2) is 0 Å². The number of aliphatic carboxylic acids is 1. The van der Waals surface area contributed by atoms with Crippen molar-refractivity contribution in [2.45, 2.75) is 25.4 Å². The van der Waals surface area contributed by atoms with Gasteiger partial charge in [0.25, 0.3) is 0 Å². The fourth-order valence-electron chi connectivity index (χ4n) is 2.99. The van der Waals surface area contributed by atoms with Crippen LogP contribution in [0.4, 0.5) is 0 Å². The van der Waals surface area contributed by atoms with Crippen LogP contribution in [0.1, 0.15) is 17.5 Å². The molecule has 0 aliphatic heterocycles. The van der Waals surface area contributed by atoms with Crippen molar-refractivity contribution in [3.63, 3.8) is 0 Å². The van der Waals surface area contributed by atoms with E-state index < -0.39 is 24.5 Å². The molecular formula is C23H29NO6. The second kappa shape index (κ2) is 11.8. The zero-order valence-electron chi connectivity index (χ0n) is 17.7. The maximum Gasteiger partial charge on any atom is 0.317 e. The average molecular weight is 415 g/mol. The summed E-state index contributed by atoms with van der Waals surface area (Å²) >= 11 is 0. The monoisotopic (exact) mass is 415 g/mol. The molecule has 162 valence electrons. The minimum atomic E-state index is -1.21. The minimum absolute atomic E-state index is 0.142. The average Bonchev–Trinajstić information content (AvgIpc) is 2.70. The quantitative estimate of drug-likeness (QED) is 0.421. The summed E-state index contributed by atoms with van der Waals surface area (Å²) in [4.78, 5) is 24.3. The molecule has 1 atom stereocenters. The standard InChI is InChI=1S/C23H29NO6/c1-24(2)15-20(30-23(27)14-22(25)26)16-29-21-7-5-4-6-18(21)11-8-17-9-12-19(28-3)13-10-17/h4-7,9-10,12-13,20H,8,11,14-16H2,1-3H3,(H,25,26). The summed E-state index contributed by atoms with van der Waals surface area (Å²) in [5, 5.41) is 8.76. The molecule has 2 rings (SSSR count). The number of benzene rings is 2. The van der Waals surface area contributed by atoms with Crippen molar-refractivity contribution in [1.82, 2.24) is 4.90 Å². The molecular weight excluding hydrogens is 386 g/mol. The van der Waals surface area contributed by atoms with Crippen LogP contribution in [0.25, 0.3) is 0 Å². The summed E-state index contributed by atoms with van der Waals surface area (Å²) in [5.41, 5.74) is 2.24. The highest BCUT2D eigenvalue weighted by Gasteiger charge is 2.19. The molecule has 0 heterocycles. The van der Waals surface area contributed by atoms with Gasteiger partial charge in [0, 0.05) is 6.54 Å². The van der Waals surface area contributed by atoms with Crippen molar-refractivity contribution in [3.05, 3.63) is 59.7 Å². The molecule has 0 aromatic heterocycles. The minimum Gasteiger partial charge on any atom is -0.497 e. The topological polar surface area (TPSA) is 85.3 Å². The van der Waals surface area contributed by atoms with Crippen molar-refractivity contribution in [3.8, 4) is 11.5 Å². The Kier molecular flexibility index (Phi) is 9.15. The predicted molar refractivity (Wildman–Crippen MR) is 113 cm³/mol. The van der Waals surface area contributed by atoms with Crippen molar-refractivity contribution in [1.29, 1.82) is 0 Å². The Hall–Kier alpha value is -3.06. The van der Waals surface area contributed by atoms with Gasteiger partial charge in [-0.15, -0.1) is 0 Å². The van der Waals surface area contributed by atoms with Crippen LogP contribution in [0, 0.1) is 0 Å². The van der Waals surface area contributed by atoms with Crippen LogP contribution in [0.2, 0.25) is 0 Å². The fraction of sp³-hybridized carbons (Fsp3) is 0.391. The maximum absolute atomic E-state index is 11.7. The van der Waals surface area contributed by atoms with Gasteiger partial charge in [0.2, 0.25) is 0 Å². The van der Waals surface area contributed by atoms with Crippen molar-refractivity contribution in [2.24, 2.45) is 0 Å². The molecule has 0 fully saturated rings. The van der Waals surface area contributed by atoms with Crippen LogP contribution in [0.5, 0.6) is 11.5 Å². The first-order chi connectivity index (χ1) is 14.4. The van der Waals surface area contributed by atoms with Crippen LogP contribution >= 0.6 is 0 Å². The van der Waals surface area contributed by atoms with Gasteiger partial charge in [-0.3, -0.25) is 9.59 Å². The number of hydrogen-bond acceptors (Lipinski definition) is 6. The van der Waals surface area contributed by atoms with E-state index in [0.717, 1.165) is 29.9 Å². The highest BCUT2D eigenvalue weighted by Crippen LogP contribution is 2.21. The lowest BCUT2D eigenvalue weighted by Crippen LogP contribution is -2.35. The van der Waals surface area contributed by atoms with Gasteiger partial charge in [0.05, 0.1) is 7.11 Å². The molecule has 0 aliphatic carbocycles. The van der Waals surface area contributed by atoms with E-state index in [9.17, 15) is 9.59 Å². The Labute approximate surface area is 177 Å². The molecule has 1 N–H and O–H groups in total. The van der Waals surface area contributed by atoms with Crippen molar-refractivity contribution >= 4 is 11.9 Å². The molecule has 7 heteroatoms. The van der Waals surface area contributed by atoms with Crippen LogP contribution in [0.3, 0.4) is 0 Å². The summed E-state index contributed by atoms with van der Waals surface area (Å²) < 4.78 is 16.4. The number of aryl methyl sites for hydroxylation is 2.